The molecule has 0 bridgehead atoms. The number of hydrogen-bond acceptors (Lipinski definition) is 8. The van der Waals surface area contributed by atoms with Crippen molar-refractivity contribution in [3.63, 3.8) is 0 Å². The molecule has 0 N–H and O–H groups in total. The molecule has 0 saturated heterocycles. The third-order valence-corrected chi connectivity index (χ3v) is 0. The smallest absolute Gasteiger partial charge is 0.822 e. The molecule has 0 aromatic rings. The maximum absolute atomic E-state index is 8.55. The molecule has 0 aliphatic carbocycles. The van der Waals surface area contributed by atoms with Gasteiger partial charge >= 0.3 is 18.6 Å². The van der Waals surface area contributed by atoms with Crippen molar-refractivity contribution in [2.24, 2.45) is 0 Å². The molecule has 11 heteroatoms. The van der Waals surface area contributed by atoms with E-state index in [1.807, 2.05) is 0 Å². The quantitative estimate of drug-likeness (QED) is 0.234. The Morgan fingerprint density at radius 2 is 1.00 bits per heavy atom. The van der Waals surface area contributed by atoms with Crippen LogP contribution in [0.3, 0.4) is 0 Å². The van der Waals surface area contributed by atoms with Gasteiger partial charge in [0.05, 0.1) is 0 Å². The van der Waals surface area contributed by atoms with Crippen LogP contribution in [0.25, 0.3) is 0 Å². The normalized spacial score (nSPS) is 10.6. The molecule has 0 fully saturated rings. The third-order valence-electron chi connectivity index (χ3n) is 0. The minimum absolute atomic E-state index is 0. The van der Waals surface area contributed by atoms with Crippen LogP contribution in [-0.2, 0) is 33.5 Å². The Kier molecular flexibility index (Phi) is 9.79. The monoisotopic (exact) mass is 242 g/mol. The average Bonchev–Trinajstić information content (AvgIpc) is 1.12. The summed E-state index contributed by atoms with van der Waals surface area (Å²) in [5, 5.41) is 0. The Balaban J connectivity index is -0.000000107. The van der Waals surface area contributed by atoms with Crippen LogP contribution in [0.4, 0.5) is 0 Å². The van der Waals surface area contributed by atoms with E-state index >= 15 is 0 Å². The van der Waals surface area contributed by atoms with Crippen molar-refractivity contribution in [2.75, 3.05) is 0 Å². The minimum Gasteiger partial charge on any atom is -0.822 e. The van der Waals surface area contributed by atoms with Gasteiger partial charge < -0.3 is 28.4 Å². The van der Waals surface area contributed by atoms with E-state index in [0.29, 0.717) is 0 Å². The van der Waals surface area contributed by atoms with E-state index < -0.39 is 18.2 Å². The van der Waals surface area contributed by atoms with Gasteiger partial charge in [0.2, 0.25) is 0 Å². The van der Waals surface area contributed by atoms with Gasteiger partial charge in [0, 0.05) is 10.4 Å². The first-order chi connectivity index (χ1) is 4.00. The van der Waals surface area contributed by atoms with Crippen molar-refractivity contribution in [1.29, 1.82) is 0 Å². The van der Waals surface area contributed by atoms with Gasteiger partial charge in [-0.05, 0) is 0 Å². The topological polar surface area (TPSA) is 167 Å². The second-order valence-electron chi connectivity index (χ2n) is 0.855. The van der Waals surface area contributed by atoms with Crippen LogP contribution in [0, 0.1) is 0 Å². The number of hydrogen-bond donors (Lipinski definition) is 0. The molecule has 0 radical (unpaired) electrons. The molecule has 0 spiro atoms. The molecule has 64 valence electrons. The number of rotatable bonds is 0. The first kappa shape index (κ1) is 17.6. The second kappa shape index (κ2) is 6.12. The standard InChI is InChI=1S/H3O4P.H2O4S.V/c2*1-5(2,3)4;/h(H3,1,2,3,4);(H2,1,2,3,4);/q;;+5/p-5. The molecule has 0 saturated carbocycles. The van der Waals surface area contributed by atoms with E-state index in [-0.39, 0.29) is 18.6 Å². The Labute approximate surface area is 74.0 Å². The van der Waals surface area contributed by atoms with Crippen LogP contribution >= 0.6 is 7.82 Å². The molecule has 11 heavy (non-hydrogen) atoms. The predicted molar refractivity (Wildman–Crippen MR) is 18.1 cm³/mol. The van der Waals surface area contributed by atoms with Gasteiger partial charge in [0.15, 0.2) is 0 Å². The van der Waals surface area contributed by atoms with E-state index in [1.165, 1.54) is 0 Å². The van der Waals surface area contributed by atoms with Crippen molar-refractivity contribution < 1.29 is 55.3 Å². The van der Waals surface area contributed by atoms with Crippen LogP contribution < -0.4 is 14.7 Å². The Hall–Kier alpha value is 0.564. The molecule has 0 unspecified atom stereocenters. The fourth-order valence-electron chi connectivity index (χ4n) is 0. The van der Waals surface area contributed by atoms with Crippen molar-refractivity contribution in [3.8, 4) is 0 Å². The summed E-state index contributed by atoms with van der Waals surface area (Å²) in [6, 6.07) is 0. The molecule has 0 aliphatic rings. The van der Waals surface area contributed by atoms with Crippen LogP contribution in [0.1, 0.15) is 0 Å². The Morgan fingerprint density at radius 1 is 1.00 bits per heavy atom. The van der Waals surface area contributed by atoms with Gasteiger partial charge in [-0.15, -0.1) is 0 Å². The van der Waals surface area contributed by atoms with Crippen molar-refractivity contribution >= 4 is 18.2 Å². The fraction of sp³-hybridized carbons (Fsp3) is 0. The van der Waals surface area contributed by atoms with Gasteiger partial charge in [-0.25, -0.2) is 0 Å². The summed E-state index contributed by atoms with van der Waals surface area (Å²) >= 11 is 0. The van der Waals surface area contributed by atoms with E-state index in [0.717, 1.165) is 0 Å². The molecule has 0 aromatic heterocycles. The number of phosphoric acid groups is 1. The summed E-state index contributed by atoms with van der Waals surface area (Å²) in [5.41, 5.74) is 0. The molecule has 0 rings (SSSR count). The SMILES string of the molecule is O=P([O-])([O-])[O-].O=S(=O)([O-])[O-].[V+5]. The molecular weight excluding hydrogens is 242 g/mol. The zero-order valence-electron chi connectivity index (χ0n) is 4.57. The molecule has 8 nitrogen and oxygen atoms in total. The van der Waals surface area contributed by atoms with E-state index in [4.69, 9.17) is 36.8 Å². The van der Waals surface area contributed by atoms with Crippen LogP contribution in [-0.4, -0.2) is 17.5 Å². The van der Waals surface area contributed by atoms with E-state index in [2.05, 4.69) is 0 Å². The first-order valence-electron chi connectivity index (χ1n) is 1.40. The Morgan fingerprint density at radius 3 is 1.00 bits per heavy atom. The summed E-state index contributed by atoms with van der Waals surface area (Å²) in [7, 11) is -10.6. The fourth-order valence-corrected chi connectivity index (χ4v) is 0. The average molecular weight is 242 g/mol. The second-order valence-corrected chi connectivity index (χ2v) is 2.57. The van der Waals surface area contributed by atoms with Gasteiger partial charge in [-0.3, -0.25) is 8.42 Å². The minimum atomic E-state index is -5.39. The van der Waals surface area contributed by atoms with Crippen molar-refractivity contribution in [1.82, 2.24) is 0 Å². The predicted octanol–water partition coefficient (Wildman–Crippen LogP) is -4.17. The van der Waals surface area contributed by atoms with Crippen molar-refractivity contribution in [2.45, 2.75) is 0 Å². The third kappa shape index (κ3) is 2430. The molecule has 0 atom stereocenters. The maximum Gasteiger partial charge on any atom is 5.00 e. The summed E-state index contributed by atoms with van der Waals surface area (Å²) in [4.78, 5) is 25.6. The summed E-state index contributed by atoms with van der Waals surface area (Å²) in [6.45, 7) is 0. The van der Waals surface area contributed by atoms with Gasteiger partial charge in [-0.1, -0.05) is 0 Å². The molecule has 0 heterocycles. The van der Waals surface area contributed by atoms with Crippen LogP contribution in [0.5, 0.6) is 0 Å². The van der Waals surface area contributed by atoms with Crippen molar-refractivity contribution in [3.05, 3.63) is 0 Å². The van der Waals surface area contributed by atoms with Crippen LogP contribution in [0.2, 0.25) is 0 Å². The molecule has 0 aliphatic heterocycles. The summed E-state index contributed by atoms with van der Waals surface area (Å²) in [5.74, 6) is 0. The van der Waals surface area contributed by atoms with E-state index in [1.54, 1.807) is 0 Å². The van der Waals surface area contributed by atoms with E-state index in [9.17, 15) is 0 Å². The van der Waals surface area contributed by atoms with Crippen LogP contribution in [0.15, 0.2) is 0 Å². The van der Waals surface area contributed by atoms with Gasteiger partial charge in [0.25, 0.3) is 0 Å². The molecule has 0 aromatic carbocycles. The zero-order chi connectivity index (χ0) is 9.00. The Bertz CT molecular complexity index is 192. The summed E-state index contributed by atoms with van der Waals surface area (Å²) in [6.07, 6.45) is 0. The zero-order valence-corrected chi connectivity index (χ0v) is 7.68. The first-order valence-corrected chi connectivity index (χ1v) is 4.19. The molecule has 0 amide bonds. The summed E-state index contributed by atoms with van der Waals surface area (Å²) < 4.78 is 42.6. The molecular formula is O8PSV. The van der Waals surface area contributed by atoms with Gasteiger partial charge in [0.1, 0.15) is 0 Å². The largest absolute Gasteiger partial charge is 5.00 e. The van der Waals surface area contributed by atoms with Gasteiger partial charge in [-0.2, -0.15) is 7.82 Å². The maximum atomic E-state index is 8.55.